The molecular weight excluding hydrogens is 733 g/mol. The van der Waals surface area contributed by atoms with Crippen molar-refractivity contribution < 1.29 is 23.1 Å². The standard InChI is InChI=1S/C48H41F2N5O3/c1-46(49,50)42-30-35(24-27-51-42)43-40-31-39(54-29-26-47(44(54)56)25-28-53(33-47)45(57)58-32-34-14-6-2-7-15-34)22-23-41(40)55(52-43)48(36-16-8-3-9-17-36,37-18-10-4-11-19-37)38-20-12-5-13-21-38/h2-24,27,30-31H,25-26,28-29,32-33H2,1H3/t47-/m0/s1. The van der Waals surface area contributed by atoms with Gasteiger partial charge in [-0.1, -0.05) is 121 Å². The van der Waals surface area contributed by atoms with Gasteiger partial charge >= 0.3 is 6.09 Å². The molecule has 2 amide bonds. The lowest BCUT2D eigenvalue weighted by atomic mass is 9.77. The average Bonchev–Trinajstić information content (AvgIpc) is 3.97. The van der Waals surface area contributed by atoms with Crippen LogP contribution in [0.2, 0.25) is 0 Å². The van der Waals surface area contributed by atoms with Crippen LogP contribution in [0.3, 0.4) is 0 Å². The van der Waals surface area contributed by atoms with E-state index >= 15 is 0 Å². The van der Waals surface area contributed by atoms with Gasteiger partial charge in [0.1, 0.15) is 23.5 Å². The molecule has 4 heterocycles. The Morgan fingerprint density at radius 1 is 0.759 bits per heavy atom. The van der Waals surface area contributed by atoms with Crippen molar-refractivity contribution in [3.05, 3.63) is 186 Å². The number of carbonyl (C=O) groups is 2. The molecule has 0 N–H and O–H groups in total. The summed E-state index contributed by atoms with van der Waals surface area (Å²) in [5, 5.41) is 6.08. The molecule has 1 spiro atoms. The van der Waals surface area contributed by atoms with Gasteiger partial charge in [-0.05, 0) is 65.4 Å². The first-order valence-electron chi connectivity index (χ1n) is 19.5. The lowest BCUT2D eigenvalue weighted by Crippen LogP contribution is -2.39. The van der Waals surface area contributed by atoms with Gasteiger partial charge in [0.25, 0.3) is 5.92 Å². The second kappa shape index (κ2) is 14.7. The maximum atomic E-state index is 14.8. The predicted molar refractivity (Wildman–Crippen MR) is 219 cm³/mol. The van der Waals surface area contributed by atoms with E-state index in [1.165, 1.54) is 12.3 Å². The number of hydrogen-bond acceptors (Lipinski definition) is 5. The largest absolute Gasteiger partial charge is 0.445 e. The number of pyridine rings is 1. The summed E-state index contributed by atoms with van der Waals surface area (Å²) in [5.41, 5.74) is 4.01. The third-order valence-electron chi connectivity index (χ3n) is 11.7. The zero-order valence-corrected chi connectivity index (χ0v) is 32.0. The van der Waals surface area contributed by atoms with Crippen molar-refractivity contribution in [2.24, 2.45) is 5.41 Å². The van der Waals surface area contributed by atoms with Crippen LogP contribution >= 0.6 is 0 Å². The summed E-state index contributed by atoms with van der Waals surface area (Å²) >= 11 is 0. The van der Waals surface area contributed by atoms with Gasteiger partial charge in [-0.2, -0.15) is 13.9 Å². The van der Waals surface area contributed by atoms with Crippen LogP contribution in [0, 0.1) is 5.41 Å². The minimum absolute atomic E-state index is 0.0526. The van der Waals surface area contributed by atoms with Gasteiger partial charge in [-0.25, -0.2) is 9.48 Å². The minimum atomic E-state index is -3.18. The summed E-state index contributed by atoms with van der Waals surface area (Å²) in [6.45, 7) is 2.16. The van der Waals surface area contributed by atoms with E-state index in [1.807, 2.05) is 108 Å². The first-order valence-corrected chi connectivity index (χ1v) is 19.5. The Morgan fingerprint density at radius 2 is 1.34 bits per heavy atom. The Bertz CT molecular complexity index is 2500. The molecule has 2 aliphatic rings. The van der Waals surface area contributed by atoms with E-state index in [2.05, 4.69) is 41.4 Å². The van der Waals surface area contributed by atoms with E-state index in [0.29, 0.717) is 48.3 Å². The number of halogens is 2. The van der Waals surface area contributed by atoms with Gasteiger partial charge in [0.15, 0.2) is 0 Å². The molecule has 58 heavy (non-hydrogen) atoms. The highest BCUT2D eigenvalue weighted by atomic mass is 19.3. The van der Waals surface area contributed by atoms with Gasteiger partial charge in [-0.15, -0.1) is 0 Å². The zero-order chi connectivity index (χ0) is 39.9. The van der Waals surface area contributed by atoms with Crippen LogP contribution in [0.1, 0.15) is 47.7 Å². The number of likely N-dealkylation sites (tertiary alicyclic amines) is 1. The number of amides is 2. The first kappa shape index (κ1) is 36.9. The monoisotopic (exact) mass is 773 g/mol. The summed E-state index contributed by atoms with van der Waals surface area (Å²) in [7, 11) is 0. The molecule has 0 aliphatic carbocycles. The van der Waals surface area contributed by atoms with Crippen LogP contribution < -0.4 is 4.90 Å². The van der Waals surface area contributed by atoms with Gasteiger partial charge in [0.05, 0.1) is 10.9 Å². The van der Waals surface area contributed by atoms with Crippen molar-refractivity contribution in [3.63, 3.8) is 0 Å². The number of alkyl halides is 2. The minimum Gasteiger partial charge on any atom is -0.445 e. The molecule has 2 aromatic heterocycles. The van der Waals surface area contributed by atoms with Gasteiger partial charge in [-0.3, -0.25) is 9.78 Å². The third-order valence-corrected chi connectivity index (χ3v) is 11.7. The quantitative estimate of drug-likeness (QED) is 0.137. The first-order chi connectivity index (χ1) is 28.2. The molecular formula is C48H41F2N5O3. The SMILES string of the molecule is CC(F)(F)c1cc(-c2nn(C(c3ccccc3)(c3ccccc3)c3ccccc3)c3ccc(N4CC[C@]5(CCN(C(=O)OCc6ccccc6)C5)C4=O)cc23)ccn1. The Labute approximate surface area is 335 Å². The molecule has 2 saturated heterocycles. The van der Waals surface area contributed by atoms with Crippen molar-refractivity contribution in [2.45, 2.75) is 37.8 Å². The number of aromatic nitrogens is 3. The highest BCUT2D eigenvalue weighted by Gasteiger charge is 2.52. The van der Waals surface area contributed by atoms with Crippen molar-refractivity contribution >= 4 is 28.6 Å². The Morgan fingerprint density at radius 3 is 1.95 bits per heavy atom. The van der Waals surface area contributed by atoms with E-state index in [0.717, 1.165) is 34.7 Å². The van der Waals surface area contributed by atoms with Crippen molar-refractivity contribution in [2.75, 3.05) is 24.5 Å². The molecule has 290 valence electrons. The number of ether oxygens (including phenoxy) is 1. The zero-order valence-electron chi connectivity index (χ0n) is 32.0. The molecule has 0 saturated carbocycles. The van der Waals surface area contributed by atoms with E-state index in [-0.39, 0.29) is 24.8 Å². The molecule has 2 aliphatic heterocycles. The van der Waals surface area contributed by atoms with Crippen LogP contribution in [-0.4, -0.2) is 51.3 Å². The lowest BCUT2D eigenvalue weighted by Gasteiger charge is -2.37. The number of carbonyl (C=O) groups excluding carboxylic acids is 2. The summed E-state index contributed by atoms with van der Waals surface area (Å²) in [4.78, 5) is 35.0. The van der Waals surface area contributed by atoms with Crippen molar-refractivity contribution in [3.8, 4) is 11.3 Å². The predicted octanol–water partition coefficient (Wildman–Crippen LogP) is 9.82. The van der Waals surface area contributed by atoms with Crippen LogP contribution in [0.15, 0.2) is 158 Å². The fourth-order valence-electron chi connectivity index (χ4n) is 8.75. The van der Waals surface area contributed by atoms with Crippen molar-refractivity contribution in [1.82, 2.24) is 19.7 Å². The molecule has 8 nitrogen and oxygen atoms in total. The Balaban J connectivity index is 1.16. The Hall–Kier alpha value is -6.68. The van der Waals surface area contributed by atoms with Gasteiger partial charge in [0.2, 0.25) is 5.91 Å². The number of nitrogens with zero attached hydrogens (tertiary/aromatic N) is 5. The number of benzene rings is 5. The summed E-state index contributed by atoms with van der Waals surface area (Å²) in [6.07, 6.45) is 2.07. The van der Waals surface area contributed by atoms with E-state index < -0.39 is 23.0 Å². The second-order valence-electron chi connectivity index (χ2n) is 15.3. The molecule has 0 unspecified atom stereocenters. The molecule has 7 aromatic rings. The smallest absolute Gasteiger partial charge is 0.410 e. The van der Waals surface area contributed by atoms with E-state index in [4.69, 9.17) is 9.84 Å². The number of anilines is 1. The highest BCUT2D eigenvalue weighted by Crippen LogP contribution is 2.47. The van der Waals surface area contributed by atoms with E-state index in [9.17, 15) is 18.4 Å². The molecule has 2 fully saturated rings. The second-order valence-corrected chi connectivity index (χ2v) is 15.3. The van der Waals surface area contributed by atoms with Gasteiger partial charge in [0, 0.05) is 49.4 Å². The summed E-state index contributed by atoms with van der Waals surface area (Å²) in [5.74, 6) is -3.23. The van der Waals surface area contributed by atoms with Crippen LogP contribution in [0.5, 0.6) is 0 Å². The average molecular weight is 774 g/mol. The number of hydrogen-bond donors (Lipinski definition) is 0. The molecule has 0 radical (unpaired) electrons. The molecule has 1 atom stereocenters. The van der Waals surface area contributed by atoms with Crippen molar-refractivity contribution in [1.29, 1.82) is 0 Å². The Kier molecular flexibility index (Phi) is 9.35. The normalized spacial score (nSPS) is 17.1. The topological polar surface area (TPSA) is 80.6 Å². The summed E-state index contributed by atoms with van der Waals surface area (Å²) < 4.78 is 37.2. The van der Waals surface area contributed by atoms with Crippen LogP contribution in [0.4, 0.5) is 19.3 Å². The number of rotatable bonds is 9. The highest BCUT2D eigenvalue weighted by molar-refractivity contribution is 6.04. The van der Waals surface area contributed by atoms with E-state index in [1.54, 1.807) is 15.9 Å². The maximum absolute atomic E-state index is 14.8. The van der Waals surface area contributed by atoms with Gasteiger partial charge < -0.3 is 14.5 Å². The molecule has 9 rings (SSSR count). The molecule has 5 aromatic carbocycles. The summed E-state index contributed by atoms with van der Waals surface area (Å²) in [6, 6.07) is 48.9. The van der Waals surface area contributed by atoms with Crippen LogP contribution in [-0.2, 0) is 27.6 Å². The third kappa shape index (κ3) is 6.38. The maximum Gasteiger partial charge on any atom is 0.410 e. The fraction of sp³-hybridized carbons (Fsp3) is 0.208. The lowest BCUT2D eigenvalue weighted by molar-refractivity contribution is -0.124. The number of fused-ring (bicyclic) bond motifs is 1. The van der Waals surface area contributed by atoms with Crippen LogP contribution in [0.25, 0.3) is 22.2 Å². The fourth-order valence-corrected chi connectivity index (χ4v) is 8.75. The molecule has 10 heteroatoms. The molecule has 0 bridgehead atoms.